The molecule has 0 atom stereocenters. The van der Waals surface area contributed by atoms with E-state index < -0.39 is 0 Å². The summed E-state index contributed by atoms with van der Waals surface area (Å²) >= 11 is 4.69. The summed E-state index contributed by atoms with van der Waals surface area (Å²) in [6, 6.07) is 6.48. The van der Waals surface area contributed by atoms with Crippen LogP contribution in [0.5, 0.6) is 0 Å². The normalized spacial score (nSPS) is 10.7. The molecule has 0 radical (unpaired) electrons. The number of hydrogen-bond acceptors (Lipinski definition) is 2. The zero-order valence-corrected chi connectivity index (χ0v) is 12.0. The molecule has 17 heavy (non-hydrogen) atoms. The van der Waals surface area contributed by atoms with Crippen molar-refractivity contribution in [2.75, 3.05) is 0 Å². The first kappa shape index (κ1) is 14.1. The van der Waals surface area contributed by atoms with Crippen LogP contribution in [-0.4, -0.2) is 5.16 Å². The fourth-order valence-electron chi connectivity index (χ4n) is 2.00. The van der Waals surface area contributed by atoms with Crippen molar-refractivity contribution in [3.8, 4) is 0 Å². The van der Waals surface area contributed by atoms with Gasteiger partial charge in [-0.3, -0.25) is 0 Å². The van der Waals surface area contributed by atoms with Crippen LogP contribution in [0.4, 0.5) is 5.69 Å². The van der Waals surface area contributed by atoms with Gasteiger partial charge in [-0.25, -0.2) is 0 Å². The molecule has 0 N–H and O–H groups in total. The van der Waals surface area contributed by atoms with Gasteiger partial charge in [0.15, 0.2) is 0 Å². The minimum absolute atomic E-state index is 0.628. The number of aliphatic imine (C=N–C) groups is 1. The Hall–Kier alpha value is -0.980. The van der Waals surface area contributed by atoms with Gasteiger partial charge in [-0.05, 0) is 54.1 Å². The molecule has 1 rings (SSSR count). The SMILES string of the molecule is CC(C)Cc1ccc(N=C=S)c(CC(C)C)c1. The second-order valence-electron chi connectivity index (χ2n) is 5.36. The lowest BCUT2D eigenvalue weighted by atomic mass is 9.96. The Morgan fingerprint density at radius 2 is 1.76 bits per heavy atom. The number of thiocarbonyl (C=S) groups is 1. The highest BCUT2D eigenvalue weighted by Gasteiger charge is 2.06. The minimum Gasteiger partial charge on any atom is -0.194 e. The van der Waals surface area contributed by atoms with E-state index in [1.807, 2.05) is 0 Å². The first-order chi connectivity index (χ1) is 8.02. The van der Waals surface area contributed by atoms with Gasteiger partial charge < -0.3 is 0 Å². The molecule has 0 fully saturated rings. The van der Waals surface area contributed by atoms with Gasteiger partial charge in [-0.1, -0.05) is 39.8 Å². The van der Waals surface area contributed by atoms with Crippen molar-refractivity contribution in [2.45, 2.75) is 40.5 Å². The van der Waals surface area contributed by atoms with Gasteiger partial charge >= 0.3 is 0 Å². The first-order valence-electron chi connectivity index (χ1n) is 6.22. The molecule has 0 saturated carbocycles. The van der Waals surface area contributed by atoms with Gasteiger partial charge in [0, 0.05) is 0 Å². The topological polar surface area (TPSA) is 12.4 Å². The van der Waals surface area contributed by atoms with Crippen LogP contribution >= 0.6 is 12.2 Å². The second kappa shape index (κ2) is 6.68. The van der Waals surface area contributed by atoms with E-state index in [0.29, 0.717) is 11.8 Å². The maximum atomic E-state index is 4.69. The highest BCUT2D eigenvalue weighted by atomic mass is 32.1. The molecule has 1 aromatic carbocycles. The van der Waals surface area contributed by atoms with Gasteiger partial charge in [0.1, 0.15) is 0 Å². The molecular weight excluding hydrogens is 226 g/mol. The molecular formula is C15H21NS. The molecule has 0 amide bonds. The Labute approximate surface area is 110 Å². The van der Waals surface area contributed by atoms with E-state index in [2.05, 4.69) is 56.0 Å². The molecule has 0 unspecified atom stereocenters. The summed E-state index contributed by atoms with van der Waals surface area (Å²) in [5, 5.41) is 2.47. The highest BCUT2D eigenvalue weighted by Crippen LogP contribution is 2.24. The molecule has 0 aromatic heterocycles. The van der Waals surface area contributed by atoms with Crippen LogP contribution in [0.15, 0.2) is 23.2 Å². The van der Waals surface area contributed by atoms with E-state index in [1.54, 1.807) is 0 Å². The summed E-state index contributed by atoms with van der Waals surface area (Å²) in [7, 11) is 0. The summed E-state index contributed by atoms with van der Waals surface area (Å²) < 4.78 is 0. The van der Waals surface area contributed by atoms with Crippen molar-refractivity contribution in [3.63, 3.8) is 0 Å². The molecule has 0 bridgehead atoms. The highest BCUT2D eigenvalue weighted by molar-refractivity contribution is 7.78. The van der Waals surface area contributed by atoms with Gasteiger partial charge in [0.05, 0.1) is 10.8 Å². The lowest BCUT2D eigenvalue weighted by Crippen LogP contribution is -1.98. The van der Waals surface area contributed by atoms with Gasteiger partial charge in [-0.2, -0.15) is 4.99 Å². The molecule has 1 nitrogen and oxygen atoms in total. The molecule has 92 valence electrons. The van der Waals surface area contributed by atoms with E-state index in [-0.39, 0.29) is 0 Å². The van der Waals surface area contributed by atoms with E-state index in [9.17, 15) is 0 Å². The van der Waals surface area contributed by atoms with Gasteiger partial charge in [-0.15, -0.1) is 0 Å². The molecule has 0 spiro atoms. The van der Waals surface area contributed by atoms with Crippen molar-refractivity contribution in [1.82, 2.24) is 0 Å². The molecule has 0 aliphatic carbocycles. The summed E-state index contributed by atoms with van der Waals surface area (Å²) in [5.74, 6) is 1.31. The average molecular weight is 247 g/mol. The third-order valence-corrected chi connectivity index (χ3v) is 2.67. The average Bonchev–Trinajstić information content (AvgIpc) is 2.20. The van der Waals surface area contributed by atoms with Crippen LogP contribution in [-0.2, 0) is 12.8 Å². The number of nitrogens with zero attached hydrogens (tertiary/aromatic N) is 1. The van der Waals surface area contributed by atoms with Crippen LogP contribution in [0.2, 0.25) is 0 Å². The van der Waals surface area contributed by atoms with Crippen molar-refractivity contribution < 1.29 is 0 Å². The molecule has 2 heteroatoms. The standard InChI is InChI=1S/C15H21NS/c1-11(2)7-13-5-6-15(16-10-17)14(9-13)8-12(3)4/h5-6,9,11-12H,7-8H2,1-4H3. The van der Waals surface area contributed by atoms with E-state index in [4.69, 9.17) is 12.2 Å². The van der Waals surface area contributed by atoms with E-state index >= 15 is 0 Å². The lowest BCUT2D eigenvalue weighted by Gasteiger charge is -2.11. The van der Waals surface area contributed by atoms with Crippen LogP contribution in [0.3, 0.4) is 0 Å². The zero-order chi connectivity index (χ0) is 12.8. The number of benzene rings is 1. The number of hydrogen-bond donors (Lipinski definition) is 0. The summed E-state index contributed by atoms with van der Waals surface area (Å²) in [6.07, 6.45) is 2.16. The fraction of sp³-hybridized carbons (Fsp3) is 0.533. The molecule has 1 aromatic rings. The first-order valence-corrected chi connectivity index (χ1v) is 6.63. The maximum Gasteiger partial charge on any atom is 0.0771 e. The summed E-state index contributed by atoms with van der Waals surface area (Å²) in [5.41, 5.74) is 3.65. The monoisotopic (exact) mass is 247 g/mol. The summed E-state index contributed by atoms with van der Waals surface area (Å²) in [6.45, 7) is 8.93. The number of rotatable bonds is 5. The van der Waals surface area contributed by atoms with Crippen LogP contribution in [0.25, 0.3) is 0 Å². The third kappa shape index (κ3) is 4.80. The molecule has 0 aliphatic rings. The summed E-state index contributed by atoms with van der Waals surface area (Å²) in [4.78, 5) is 4.14. The van der Waals surface area contributed by atoms with Crippen molar-refractivity contribution in [3.05, 3.63) is 29.3 Å². The Kier molecular flexibility index (Phi) is 5.54. The predicted octanol–water partition coefficient (Wildman–Crippen LogP) is 4.82. The Bertz CT molecular complexity index is 415. The molecule has 0 heterocycles. The lowest BCUT2D eigenvalue weighted by molar-refractivity contribution is 0.636. The smallest absolute Gasteiger partial charge is 0.0771 e. The minimum atomic E-state index is 0.628. The Morgan fingerprint density at radius 1 is 1.12 bits per heavy atom. The zero-order valence-electron chi connectivity index (χ0n) is 11.2. The number of isothiocyanates is 1. The van der Waals surface area contributed by atoms with Crippen molar-refractivity contribution in [2.24, 2.45) is 16.8 Å². The largest absolute Gasteiger partial charge is 0.194 e. The fourth-order valence-corrected chi connectivity index (χ4v) is 2.10. The maximum absolute atomic E-state index is 4.69. The quantitative estimate of drug-likeness (QED) is 0.537. The van der Waals surface area contributed by atoms with Crippen LogP contribution in [0, 0.1) is 11.8 Å². The third-order valence-electron chi connectivity index (χ3n) is 2.58. The van der Waals surface area contributed by atoms with Gasteiger partial charge in [0.25, 0.3) is 0 Å². The molecule has 0 aliphatic heterocycles. The van der Waals surface area contributed by atoms with Crippen LogP contribution < -0.4 is 0 Å². The van der Waals surface area contributed by atoms with E-state index in [1.165, 1.54) is 11.1 Å². The van der Waals surface area contributed by atoms with Crippen molar-refractivity contribution in [1.29, 1.82) is 0 Å². The van der Waals surface area contributed by atoms with E-state index in [0.717, 1.165) is 18.5 Å². The van der Waals surface area contributed by atoms with Gasteiger partial charge in [0.2, 0.25) is 0 Å². The van der Waals surface area contributed by atoms with Crippen molar-refractivity contribution >= 4 is 23.1 Å². The second-order valence-corrected chi connectivity index (χ2v) is 5.54. The Morgan fingerprint density at radius 3 is 2.29 bits per heavy atom. The Balaban J connectivity index is 3.04. The molecule has 0 saturated heterocycles. The van der Waals surface area contributed by atoms with Crippen LogP contribution in [0.1, 0.15) is 38.8 Å². The predicted molar refractivity (Wildman–Crippen MR) is 78.2 cm³/mol.